The quantitative estimate of drug-likeness (QED) is 0.585. The summed E-state index contributed by atoms with van der Waals surface area (Å²) in [4.78, 5) is 23.9. The highest BCUT2D eigenvalue weighted by atomic mass is 16.5. The molecule has 1 fully saturated rings. The van der Waals surface area contributed by atoms with E-state index in [1.165, 1.54) is 0 Å². The fraction of sp³-hybridized carbons (Fsp3) is 0.167. The van der Waals surface area contributed by atoms with Crippen molar-refractivity contribution < 1.29 is 19.1 Å². The molecule has 3 amide bonds. The number of nitrogens with one attached hydrogen (secondary N) is 2. The van der Waals surface area contributed by atoms with E-state index in [9.17, 15) is 9.59 Å². The van der Waals surface area contributed by atoms with E-state index in [-0.39, 0.29) is 0 Å². The Bertz CT molecular complexity index is 1050. The summed E-state index contributed by atoms with van der Waals surface area (Å²) < 4.78 is 12.0. The van der Waals surface area contributed by atoms with Gasteiger partial charge in [-0.2, -0.15) is 0 Å². The molecule has 0 spiro atoms. The molecule has 3 aromatic carbocycles. The van der Waals surface area contributed by atoms with Crippen molar-refractivity contribution >= 4 is 11.9 Å². The molecule has 1 aliphatic heterocycles. The molecule has 1 saturated heterocycles. The first-order chi connectivity index (χ1) is 14.6. The van der Waals surface area contributed by atoms with E-state index in [4.69, 9.17) is 9.47 Å². The summed E-state index contributed by atoms with van der Waals surface area (Å²) in [6.45, 7) is 2.63. The first-order valence-electron chi connectivity index (χ1n) is 9.69. The maximum absolute atomic E-state index is 12.2. The fourth-order valence-electron chi connectivity index (χ4n) is 3.33. The van der Waals surface area contributed by atoms with Crippen LogP contribution in [0.2, 0.25) is 0 Å². The normalized spacial score (nSPS) is 15.4. The third kappa shape index (κ3) is 4.43. The average molecular weight is 402 g/mol. The molecule has 6 heteroatoms. The van der Waals surface area contributed by atoms with Gasteiger partial charge in [-0.05, 0) is 35.2 Å². The Kier molecular flexibility index (Phi) is 5.66. The van der Waals surface area contributed by atoms with E-state index in [1.54, 1.807) is 6.07 Å². The van der Waals surface area contributed by atoms with Crippen molar-refractivity contribution in [1.82, 2.24) is 10.6 Å². The lowest BCUT2D eigenvalue weighted by molar-refractivity contribution is -0.120. The van der Waals surface area contributed by atoms with Gasteiger partial charge in [0.25, 0.3) is 5.91 Å². The van der Waals surface area contributed by atoms with E-state index in [2.05, 4.69) is 10.6 Å². The molecule has 4 rings (SSSR count). The van der Waals surface area contributed by atoms with Crippen molar-refractivity contribution in [2.45, 2.75) is 26.2 Å². The second-order valence-corrected chi connectivity index (χ2v) is 7.08. The van der Waals surface area contributed by atoms with Crippen molar-refractivity contribution in [3.05, 3.63) is 95.1 Å². The molecule has 1 aliphatic rings. The Balaban J connectivity index is 1.62. The Hall–Kier alpha value is -3.80. The molecule has 2 N–H and O–H groups in total. The van der Waals surface area contributed by atoms with Crippen LogP contribution in [-0.4, -0.2) is 11.9 Å². The smallest absolute Gasteiger partial charge is 0.322 e. The highest BCUT2D eigenvalue weighted by molar-refractivity contribution is 6.04. The van der Waals surface area contributed by atoms with Crippen LogP contribution < -0.4 is 20.1 Å². The fourth-order valence-corrected chi connectivity index (χ4v) is 3.33. The molecule has 1 heterocycles. The lowest BCUT2D eigenvalue weighted by Gasteiger charge is -2.18. The number of rotatable bonds is 7. The van der Waals surface area contributed by atoms with Crippen LogP contribution in [0.5, 0.6) is 11.5 Å². The van der Waals surface area contributed by atoms with Gasteiger partial charge in [-0.25, -0.2) is 4.79 Å². The lowest BCUT2D eigenvalue weighted by atomic mass is 10.00. The van der Waals surface area contributed by atoms with Crippen molar-refractivity contribution in [2.24, 2.45) is 0 Å². The van der Waals surface area contributed by atoms with E-state index in [0.29, 0.717) is 30.3 Å². The SMILES string of the molecule is Cc1c(OCc2ccccc2)cc(OCc2ccccc2)cc1C1NC(=O)NC1=O. The predicted molar refractivity (Wildman–Crippen MR) is 112 cm³/mol. The van der Waals surface area contributed by atoms with Crippen LogP contribution in [0.25, 0.3) is 0 Å². The van der Waals surface area contributed by atoms with Gasteiger partial charge in [-0.1, -0.05) is 60.7 Å². The summed E-state index contributed by atoms with van der Waals surface area (Å²) >= 11 is 0. The van der Waals surface area contributed by atoms with E-state index >= 15 is 0 Å². The van der Waals surface area contributed by atoms with Gasteiger partial charge in [0.05, 0.1) is 0 Å². The standard InChI is InChI=1S/C24H22N2O4/c1-16-20(22-23(27)26-24(28)25-22)12-19(29-14-17-8-4-2-5-9-17)13-21(16)30-15-18-10-6-3-7-11-18/h2-13,22H,14-15H2,1H3,(H2,25,26,27,28). The molecule has 0 radical (unpaired) electrons. The van der Waals surface area contributed by atoms with E-state index in [1.807, 2.05) is 73.7 Å². The Labute approximate surface area is 174 Å². The molecule has 152 valence electrons. The van der Waals surface area contributed by atoms with Gasteiger partial charge in [-0.15, -0.1) is 0 Å². The molecule has 30 heavy (non-hydrogen) atoms. The third-order valence-electron chi connectivity index (χ3n) is 4.94. The molecule has 1 unspecified atom stereocenters. The number of hydrogen-bond acceptors (Lipinski definition) is 4. The van der Waals surface area contributed by atoms with Gasteiger partial charge < -0.3 is 14.8 Å². The zero-order valence-corrected chi connectivity index (χ0v) is 16.6. The predicted octanol–water partition coefficient (Wildman–Crippen LogP) is 4.03. The second-order valence-electron chi connectivity index (χ2n) is 7.08. The minimum atomic E-state index is -0.781. The molecule has 0 aromatic heterocycles. The topological polar surface area (TPSA) is 76.7 Å². The number of urea groups is 1. The highest BCUT2D eigenvalue weighted by Gasteiger charge is 2.33. The maximum atomic E-state index is 12.2. The summed E-state index contributed by atoms with van der Waals surface area (Å²) in [5, 5.41) is 4.93. The van der Waals surface area contributed by atoms with Crippen molar-refractivity contribution in [3.63, 3.8) is 0 Å². The maximum Gasteiger partial charge on any atom is 0.322 e. The lowest BCUT2D eigenvalue weighted by Crippen LogP contribution is -2.22. The number of carbonyl (C=O) groups excluding carboxylic acids is 2. The van der Waals surface area contributed by atoms with Crippen LogP contribution in [0.15, 0.2) is 72.8 Å². The molecule has 0 saturated carbocycles. The molecule has 3 aromatic rings. The summed E-state index contributed by atoms with van der Waals surface area (Å²) in [7, 11) is 0. The summed E-state index contributed by atoms with van der Waals surface area (Å²) in [5.41, 5.74) is 3.48. The zero-order chi connectivity index (χ0) is 20.9. The first kappa shape index (κ1) is 19.5. The first-order valence-corrected chi connectivity index (χ1v) is 9.69. The van der Waals surface area contributed by atoms with Crippen LogP contribution in [0.4, 0.5) is 4.79 Å². The van der Waals surface area contributed by atoms with Gasteiger partial charge in [0.2, 0.25) is 0 Å². The summed E-state index contributed by atoms with van der Waals surface area (Å²) in [5.74, 6) is 0.780. The van der Waals surface area contributed by atoms with Gasteiger partial charge in [0.15, 0.2) is 0 Å². The second kappa shape index (κ2) is 8.69. The van der Waals surface area contributed by atoms with Gasteiger partial charge in [0.1, 0.15) is 30.8 Å². The van der Waals surface area contributed by atoms with Crippen LogP contribution in [0, 0.1) is 6.92 Å². The number of carbonyl (C=O) groups is 2. The minimum Gasteiger partial charge on any atom is -0.489 e. The number of benzene rings is 3. The minimum absolute atomic E-state index is 0.380. The van der Waals surface area contributed by atoms with Crippen molar-refractivity contribution in [2.75, 3.05) is 0 Å². The van der Waals surface area contributed by atoms with Crippen LogP contribution in [0.3, 0.4) is 0 Å². The van der Waals surface area contributed by atoms with Gasteiger partial charge >= 0.3 is 6.03 Å². The summed E-state index contributed by atoms with van der Waals surface area (Å²) in [6, 6.07) is 21.9. The van der Waals surface area contributed by atoms with Crippen LogP contribution in [0.1, 0.15) is 28.3 Å². The van der Waals surface area contributed by atoms with E-state index < -0.39 is 18.0 Å². The van der Waals surface area contributed by atoms with Gasteiger partial charge in [0, 0.05) is 6.07 Å². The Morgan fingerprint density at radius 3 is 2.00 bits per heavy atom. The zero-order valence-electron chi connectivity index (χ0n) is 16.6. The largest absolute Gasteiger partial charge is 0.489 e. The number of ether oxygens (including phenoxy) is 2. The van der Waals surface area contributed by atoms with E-state index in [0.717, 1.165) is 16.7 Å². The molecular formula is C24H22N2O4. The Morgan fingerprint density at radius 1 is 0.833 bits per heavy atom. The molecule has 6 nitrogen and oxygen atoms in total. The number of hydrogen-bond donors (Lipinski definition) is 2. The van der Waals surface area contributed by atoms with Crippen LogP contribution in [-0.2, 0) is 18.0 Å². The third-order valence-corrected chi connectivity index (χ3v) is 4.94. The summed E-state index contributed by atoms with van der Waals surface area (Å²) in [6.07, 6.45) is 0. The molecule has 1 atom stereocenters. The van der Waals surface area contributed by atoms with Gasteiger partial charge in [-0.3, -0.25) is 10.1 Å². The molecular weight excluding hydrogens is 380 g/mol. The number of amides is 3. The van der Waals surface area contributed by atoms with Crippen LogP contribution >= 0.6 is 0 Å². The highest BCUT2D eigenvalue weighted by Crippen LogP contribution is 2.34. The Morgan fingerprint density at radius 2 is 1.43 bits per heavy atom. The monoisotopic (exact) mass is 402 g/mol. The number of imide groups is 1. The molecule has 0 bridgehead atoms. The average Bonchev–Trinajstić information content (AvgIpc) is 3.11. The van der Waals surface area contributed by atoms with Crippen molar-refractivity contribution in [1.29, 1.82) is 0 Å². The van der Waals surface area contributed by atoms with Crippen molar-refractivity contribution in [3.8, 4) is 11.5 Å². The molecule has 0 aliphatic carbocycles.